The van der Waals surface area contributed by atoms with Gasteiger partial charge in [0.25, 0.3) is 5.91 Å². The molecule has 0 atom stereocenters. The molecular formula is C20H21F3N2O4. The quantitative estimate of drug-likeness (QED) is 0.812. The first-order valence-electron chi connectivity index (χ1n) is 8.84. The number of ether oxygens (including phenoxy) is 3. The van der Waals surface area contributed by atoms with Gasteiger partial charge in [0.2, 0.25) is 0 Å². The van der Waals surface area contributed by atoms with Gasteiger partial charge < -0.3 is 24.4 Å². The molecule has 2 aromatic rings. The number of carbonyl (C=O) groups excluding carboxylic acids is 1. The highest BCUT2D eigenvalue weighted by Crippen LogP contribution is 2.38. The molecule has 1 heterocycles. The lowest BCUT2D eigenvalue weighted by molar-refractivity contribution is -0.275. The number of hydrogen-bond donors (Lipinski definition) is 1. The van der Waals surface area contributed by atoms with Gasteiger partial charge in [-0.2, -0.15) is 0 Å². The van der Waals surface area contributed by atoms with Gasteiger partial charge in [-0.15, -0.1) is 13.2 Å². The minimum atomic E-state index is -4.93. The fourth-order valence-corrected chi connectivity index (χ4v) is 3.31. The van der Waals surface area contributed by atoms with E-state index < -0.39 is 18.0 Å². The van der Waals surface area contributed by atoms with E-state index in [1.807, 2.05) is 19.2 Å². The number of nitrogens with zero attached hydrogens (tertiary/aromatic N) is 1. The number of rotatable bonds is 5. The Balaban J connectivity index is 1.95. The first kappa shape index (κ1) is 20.8. The summed E-state index contributed by atoms with van der Waals surface area (Å²) in [7, 11) is 4.53. The topological polar surface area (TPSA) is 60.0 Å². The average molecular weight is 410 g/mol. The van der Waals surface area contributed by atoms with Gasteiger partial charge >= 0.3 is 6.36 Å². The number of likely N-dealkylation sites (N-methyl/N-ethyl adjacent to an activating group) is 1. The molecule has 0 fully saturated rings. The normalized spacial score (nSPS) is 14.1. The number of benzene rings is 2. The van der Waals surface area contributed by atoms with Crippen LogP contribution in [0.25, 0.3) is 0 Å². The Kier molecular flexibility index (Phi) is 5.88. The van der Waals surface area contributed by atoms with E-state index in [9.17, 15) is 18.0 Å². The Labute approximate surface area is 166 Å². The second kappa shape index (κ2) is 8.20. The molecule has 1 amide bonds. The fourth-order valence-electron chi connectivity index (χ4n) is 3.31. The zero-order chi connectivity index (χ0) is 21.2. The molecule has 0 saturated carbocycles. The van der Waals surface area contributed by atoms with Crippen molar-refractivity contribution in [2.24, 2.45) is 0 Å². The van der Waals surface area contributed by atoms with Crippen molar-refractivity contribution >= 4 is 11.6 Å². The molecule has 0 radical (unpaired) electrons. The molecule has 0 unspecified atom stereocenters. The number of carbonyl (C=O) groups is 1. The number of nitrogens with one attached hydrogen (secondary N) is 1. The van der Waals surface area contributed by atoms with Gasteiger partial charge in [-0.1, -0.05) is 12.1 Å². The summed E-state index contributed by atoms with van der Waals surface area (Å²) in [4.78, 5) is 15.1. The lowest BCUT2D eigenvalue weighted by Crippen LogP contribution is -2.27. The van der Waals surface area contributed by atoms with E-state index in [1.165, 1.54) is 20.3 Å². The summed E-state index contributed by atoms with van der Waals surface area (Å²) in [6.45, 7) is 1.60. The summed E-state index contributed by atoms with van der Waals surface area (Å²) < 4.78 is 52.3. The van der Waals surface area contributed by atoms with Crippen LogP contribution in [0.15, 0.2) is 30.3 Å². The number of halogens is 3. The van der Waals surface area contributed by atoms with Crippen LogP contribution in [0.5, 0.6) is 17.2 Å². The van der Waals surface area contributed by atoms with Crippen LogP contribution in [-0.4, -0.2) is 45.0 Å². The molecule has 6 nitrogen and oxygen atoms in total. The highest BCUT2D eigenvalue weighted by atomic mass is 19.4. The molecule has 0 aromatic heterocycles. The van der Waals surface area contributed by atoms with E-state index >= 15 is 0 Å². The molecule has 1 aliphatic rings. The predicted octanol–water partition coefficient (Wildman–Crippen LogP) is 3.84. The number of anilines is 1. The maximum Gasteiger partial charge on any atom is 0.573 e. The summed E-state index contributed by atoms with van der Waals surface area (Å²) in [5, 5.41) is 2.79. The minimum absolute atomic E-state index is 0.0680. The molecule has 29 heavy (non-hydrogen) atoms. The van der Waals surface area contributed by atoms with E-state index in [2.05, 4.69) is 15.0 Å². The van der Waals surface area contributed by atoms with E-state index in [0.717, 1.165) is 36.7 Å². The van der Waals surface area contributed by atoms with Crippen LogP contribution in [0.3, 0.4) is 0 Å². The zero-order valence-electron chi connectivity index (χ0n) is 16.2. The Hall–Kier alpha value is -2.94. The van der Waals surface area contributed by atoms with Crippen LogP contribution >= 0.6 is 0 Å². The molecule has 9 heteroatoms. The molecule has 0 spiro atoms. The maximum atomic E-state index is 12.9. The monoisotopic (exact) mass is 410 g/mol. The largest absolute Gasteiger partial charge is 0.573 e. The molecule has 0 bridgehead atoms. The fraction of sp³-hybridized carbons (Fsp3) is 0.350. The van der Waals surface area contributed by atoms with Gasteiger partial charge in [0.05, 0.1) is 19.8 Å². The van der Waals surface area contributed by atoms with E-state index in [0.29, 0.717) is 5.69 Å². The van der Waals surface area contributed by atoms with Crippen LogP contribution in [0.2, 0.25) is 0 Å². The number of alkyl halides is 3. The van der Waals surface area contributed by atoms with Crippen LogP contribution in [0.1, 0.15) is 21.5 Å². The first-order chi connectivity index (χ1) is 13.7. The lowest BCUT2D eigenvalue weighted by Gasteiger charge is -2.27. The smallest absolute Gasteiger partial charge is 0.496 e. The molecule has 0 aliphatic carbocycles. The Morgan fingerprint density at radius 3 is 2.48 bits per heavy atom. The first-order valence-corrected chi connectivity index (χ1v) is 8.84. The molecular weight excluding hydrogens is 389 g/mol. The molecule has 156 valence electrons. The van der Waals surface area contributed by atoms with Crippen molar-refractivity contribution in [2.45, 2.75) is 19.3 Å². The standard InChI is InChI=1S/C20H21F3N2O4/c1-25-8-7-13-12(11-25)5-4-6-15(13)24-19(26)14-9-18(29-20(21,22)23)17(28-3)10-16(14)27-2/h4-6,9-10H,7-8,11H2,1-3H3,(H,24,26). The minimum Gasteiger partial charge on any atom is -0.496 e. The van der Waals surface area contributed by atoms with Gasteiger partial charge in [0, 0.05) is 30.9 Å². The van der Waals surface area contributed by atoms with Crippen LogP contribution < -0.4 is 19.5 Å². The third-order valence-corrected chi connectivity index (χ3v) is 4.66. The van der Waals surface area contributed by atoms with Crippen molar-refractivity contribution in [3.05, 3.63) is 47.0 Å². The van der Waals surface area contributed by atoms with Gasteiger partial charge in [-0.3, -0.25) is 4.79 Å². The van der Waals surface area contributed by atoms with E-state index in [-0.39, 0.29) is 17.1 Å². The third kappa shape index (κ3) is 4.73. The van der Waals surface area contributed by atoms with Crippen molar-refractivity contribution < 1.29 is 32.2 Å². The second-order valence-electron chi connectivity index (χ2n) is 6.64. The van der Waals surface area contributed by atoms with Crippen LogP contribution in [-0.2, 0) is 13.0 Å². The highest BCUT2D eigenvalue weighted by Gasteiger charge is 2.33. The van der Waals surface area contributed by atoms with Crippen LogP contribution in [0.4, 0.5) is 18.9 Å². The van der Waals surface area contributed by atoms with Gasteiger partial charge in [-0.05, 0) is 30.7 Å². The maximum absolute atomic E-state index is 12.9. The van der Waals surface area contributed by atoms with Gasteiger partial charge in [0.15, 0.2) is 11.5 Å². The Morgan fingerprint density at radius 1 is 1.10 bits per heavy atom. The number of fused-ring (bicyclic) bond motifs is 1. The van der Waals surface area contributed by atoms with E-state index in [4.69, 9.17) is 9.47 Å². The summed E-state index contributed by atoms with van der Waals surface area (Å²) in [6, 6.07) is 7.74. The summed E-state index contributed by atoms with van der Waals surface area (Å²) >= 11 is 0. The van der Waals surface area contributed by atoms with Gasteiger partial charge in [-0.25, -0.2) is 0 Å². The molecule has 3 rings (SSSR count). The van der Waals surface area contributed by atoms with Crippen molar-refractivity contribution in [3.63, 3.8) is 0 Å². The molecule has 2 aromatic carbocycles. The van der Waals surface area contributed by atoms with Crippen molar-refractivity contribution in [2.75, 3.05) is 33.1 Å². The summed E-state index contributed by atoms with van der Waals surface area (Å²) in [5.41, 5.74) is 2.63. The van der Waals surface area contributed by atoms with Crippen molar-refractivity contribution in [3.8, 4) is 17.2 Å². The third-order valence-electron chi connectivity index (χ3n) is 4.66. The van der Waals surface area contributed by atoms with Crippen LogP contribution in [0, 0.1) is 0 Å². The molecule has 1 aliphatic heterocycles. The second-order valence-corrected chi connectivity index (χ2v) is 6.64. The zero-order valence-corrected chi connectivity index (χ0v) is 16.2. The number of amides is 1. The summed E-state index contributed by atoms with van der Waals surface area (Å²) in [6.07, 6.45) is -4.18. The highest BCUT2D eigenvalue weighted by molar-refractivity contribution is 6.07. The number of methoxy groups -OCH3 is 2. The summed E-state index contributed by atoms with van der Waals surface area (Å²) in [5.74, 6) is -1.36. The SMILES string of the molecule is COc1cc(OC)c(C(=O)Nc2cccc3c2CCN(C)C3)cc1OC(F)(F)F. The Morgan fingerprint density at radius 2 is 1.83 bits per heavy atom. The average Bonchev–Trinajstić information content (AvgIpc) is 2.66. The number of hydrogen-bond acceptors (Lipinski definition) is 5. The predicted molar refractivity (Wildman–Crippen MR) is 101 cm³/mol. The van der Waals surface area contributed by atoms with Gasteiger partial charge in [0.1, 0.15) is 5.75 Å². The lowest BCUT2D eigenvalue weighted by atomic mass is 9.98. The molecule has 1 N–H and O–H groups in total. The Bertz CT molecular complexity index is 915. The van der Waals surface area contributed by atoms with Crippen molar-refractivity contribution in [1.82, 2.24) is 4.90 Å². The molecule has 0 saturated heterocycles. The van der Waals surface area contributed by atoms with E-state index in [1.54, 1.807) is 6.07 Å². The van der Waals surface area contributed by atoms with Crippen molar-refractivity contribution in [1.29, 1.82) is 0 Å².